The van der Waals surface area contributed by atoms with E-state index in [1.54, 1.807) is 0 Å². The van der Waals surface area contributed by atoms with Crippen molar-refractivity contribution in [1.29, 1.82) is 0 Å². The van der Waals surface area contributed by atoms with Crippen molar-refractivity contribution in [3.63, 3.8) is 0 Å². The van der Waals surface area contributed by atoms with Crippen LogP contribution in [-0.2, 0) is 0 Å². The van der Waals surface area contributed by atoms with Gasteiger partial charge in [-0.3, -0.25) is 4.99 Å². The number of nitrogens with zero attached hydrogens (tertiary/aromatic N) is 1. The Balaban J connectivity index is 2.51. The largest absolute Gasteiger partial charge is 0.326 e. The van der Waals surface area contributed by atoms with Crippen LogP contribution in [0, 0.1) is 0 Å². The van der Waals surface area contributed by atoms with Gasteiger partial charge in [0.1, 0.15) is 0 Å². The predicted octanol–water partition coefficient (Wildman–Crippen LogP) is 0.284. The maximum atomic E-state index is 5.87. The minimum Gasteiger partial charge on any atom is -0.326 e. The van der Waals surface area contributed by atoms with E-state index in [4.69, 9.17) is 11.5 Å². The molecule has 0 aromatic carbocycles. The Morgan fingerprint density at radius 2 is 2.09 bits per heavy atom. The van der Waals surface area contributed by atoms with Crippen molar-refractivity contribution < 1.29 is 0 Å². The summed E-state index contributed by atoms with van der Waals surface area (Å²) in [6.07, 6.45) is 5.13. The maximum Gasteiger partial charge on any atom is 0.0661 e. The Bertz CT molecular complexity index is 144. The summed E-state index contributed by atoms with van der Waals surface area (Å²) in [6, 6.07) is 0.487. The SMILES string of the molecule is C/C=N\C1CCC[C@@H](N)C1N. The average molecular weight is 155 g/mol. The topological polar surface area (TPSA) is 64.4 Å². The molecular formula is C8H17N3. The average Bonchev–Trinajstić information content (AvgIpc) is 1.99. The number of nitrogens with two attached hydrogens (primary N) is 2. The van der Waals surface area contributed by atoms with E-state index in [1.807, 2.05) is 13.1 Å². The van der Waals surface area contributed by atoms with E-state index in [9.17, 15) is 0 Å². The van der Waals surface area contributed by atoms with Crippen molar-refractivity contribution in [2.45, 2.75) is 44.3 Å². The van der Waals surface area contributed by atoms with Crippen LogP contribution in [0.1, 0.15) is 26.2 Å². The molecule has 1 aliphatic carbocycles. The van der Waals surface area contributed by atoms with Crippen molar-refractivity contribution >= 4 is 6.21 Å². The van der Waals surface area contributed by atoms with Crippen LogP contribution in [0.4, 0.5) is 0 Å². The van der Waals surface area contributed by atoms with Crippen LogP contribution in [0.25, 0.3) is 0 Å². The number of hydrogen-bond acceptors (Lipinski definition) is 3. The zero-order valence-electron chi connectivity index (χ0n) is 7.03. The molecule has 0 heterocycles. The highest BCUT2D eigenvalue weighted by Gasteiger charge is 2.26. The first-order chi connectivity index (χ1) is 5.25. The minimum atomic E-state index is 0.0694. The third kappa shape index (κ3) is 2.01. The number of rotatable bonds is 1. The van der Waals surface area contributed by atoms with Gasteiger partial charge in [0.25, 0.3) is 0 Å². The van der Waals surface area contributed by atoms with Gasteiger partial charge in [0.2, 0.25) is 0 Å². The fourth-order valence-electron chi connectivity index (χ4n) is 1.60. The molecule has 1 saturated carbocycles. The molecule has 0 aliphatic heterocycles. The second kappa shape index (κ2) is 3.83. The molecule has 0 amide bonds. The summed E-state index contributed by atoms with van der Waals surface area (Å²) in [4.78, 5) is 4.29. The highest BCUT2D eigenvalue weighted by atomic mass is 14.9. The van der Waals surface area contributed by atoms with E-state index in [0.717, 1.165) is 19.3 Å². The number of hydrogen-bond donors (Lipinski definition) is 2. The van der Waals surface area contributed by atoms with Gasteiger partial charge >= 0.3 is 0 Å². The first-order valence-corrected chi connectivity index (χ1v) is 4.24. The van der Waals surface area contributed by atoms with Crippen molar-refractivity contribution in [2.75, 3.05) is 0 Å². The van der Waals surface area contributed by atoms with Crippen LogP contribution < -0.4 is 11.5 Å². The molecule has 4 N–H and O–H groups in total. The predicted molar refractivity (Wildman–Crippen MR) is 47.8 cm³/mol. The van der Waals surface area contributed by atoms with E-state index in [1.165, 1.54) is 0 Å². The molecule has 3 heteroatoms. The molecule has 1 rings (SSSR count). The second-order valence-electron chi connectivity index (χ2n) is 3.15. The van der Waals surface area contributed by atoms with Gasteiger partial charge in [-0.15, -0.1) is 0 Å². The Morgan fingerprint density at radius 3 is 2.73 bits per heavy atom. The summed E-state index contributed by atoms with van der Waals surface area (Å²) < 4.78 is 0. The van der Waals surface area contributed by atoms with Gasteiger partial charge in [-0.25, -0.2) is 0 Å². The van der Waals surface area contributed by atoms with Crippen LogP contribution in [0.2, 0.25) is 0 Å². The van der Waals surface area contributed by atoms with Gasteiger partial charge in [-0.05, 0) is 32.4 Å². The first-order valence-electron chi connectivity index (χ1n) is 4.24. The molecule has 0 aromatic rings. The summed E-state index contributed by atoms with van der Waals surface area (Å²) in [5.41, 5.74) is 11.7. The van der Waals surface area contributed by atoms with Crippen LogP contribution >= 0.6 is 0 Å². The monoisotopic (exact) mass is 155 g/mol. The Morgan fingerprint density at radius 1 is 1.36 bits per heavy atom. The first kappa shape index (κ1) is 8.68. The van der Waals surface area contributed by atoms with Crippen LogP contribution in [0.15, 0.2) is 4.99 Å². The van der Waals surface area contributed by atoms with Crippen LogP contribution in [-0.4, -0.2) is 24.3 Å². The molecule has 3 atom stereocenters. The normalized spacial score (nSPS) is 39.7. The molecule has 0 bridgehead atoms. The molecule has 0 aromatic heterocycles. The summed E-state index contributed by atoms with van der Waals surface area (Å²) in [5.74, 6) is 0. The molecule has 0 radical (unpaired) electrons. The lowest BCUT2D eigenvalue weighted by atomic mass is 9.87. The lowest BCUT2D eigenvalue weighted by Gasteiger charge is -2.30. The highest BCUT2D eigenvalue weighted by Crippen LogP contribution is 2.18. The smallest absolute Gasteiger partial charge is 0.0661 e. The molecule has 3 nitrogen and oxygen atoms in total. The zero-order valence-corrected chi connectivity index (χ0v) is 7.03. The molecule has 2 unspecified atom stereocenters. The van der Waals surface area contributed by atoms with Gasteiger partial charge in [0.05, 0.1) is 6.04 Å². The lowest BCUT2D eigenvalue weighted by Crippen LogP contribution is -2.51. The van der Waals surface area contributed by atoms with Gasteiger partial charge in [-0.1, -0.05) is 0 Å². The van der Waals surface area contributed by atoms with Gasteiger partial charge in [0.15, 0.2) is 0 Å². The van der Waals surface area contributed by atoms with Crippen LogP contribution in [0.3, 0.4) is 0 Å². The molecule has 64 valence electrons. The summed E-state index contributed by atoms with van der Waals surface area (Å²) >= 11 is 0. The van der Waals surface area contributed by atoms with Crippen LogP contribution in [0.5, 0.6) is 0 Å². The standard InChI is InChI=1S/C8H17N3/c1-2-11-7-5-3-4-6(9)8(7)10/h2,6-8H,3-5,9-10H2,1H3/b11-2-/t6-,7?,8?/m1/s1. The molecule has 1 aliphatic rings. The van der Waals surface area contributed by atoms with Gasteiger partial charge in [-0.2, -0.15) is 0 Å². The van der Waals surface area contributed by atoms with E-state index < -0.39 is 0 Å². The third-order valence-electron chi connectivity index (χ3n) is 2.32. The van der Waals surface area contributed by atoms with E-state index in [-0.39, 0.29) is 18.1 Å². The molecule has 0 saturated heterocycles. The van der Waals surface area contributed by atoms with Crippen molar-refractivity contribution in [3.8, 4) is 0 Å². The maximum absolute atomic E-state index is 5.87. The van der Waals surface area contributed by atoms with Gasteiger partial charge in [0, 0.05) is 12.1 Å². The summed E-state index contributed by atoms with van der Waals surface area (Å²) in [7, 11) is 0. The van der Waals surface area contributed by atoms with Crippen molar-refractivity contribution in [1.82, 2.24) is 0 Å². The minimum absolute atomic E-state index is 0.0694. The zero-order chi connectivity index (χ0) is 8.27. The summed E-state index contributed by atoms with van der Waals surface area (Å²) in [6.45, 7) is 1.92. The fourth-order valence-corrected chi connectivity index (χ4v) is 1.60. The lowest BCUT2D eigenvalue weighted by molar-refractivity contribution is 0.341. The quantitative estimate of drug-likeness (QED) is 0.534. The third-order valence-corrected chi connectivity index (χ3v) is 2.32. The Kier molecular flexibility index (Phi) is 3.02. The van der Waals surface area contributed by atoms with E-state index in [0.29, 0.717) is 0 Å². The van der Waals surface area contributed by atoms with E-state index >= 15 is 0 Å². The Hall–Kier alpha value is -0.410. The van der Waals surface area contributed by atoms with E-state index in [2.05, 4.69) is 4.99 Å². The molecule has 11 heavy (non-hydrogen) atoms. The Labute approximate surface area is 67.9 Å². The van der Waals surface area contributed by atoms with Crippen molar-refractivity contribution in [2.24, 2.45) is 16.5 Å². The van der Waals surface area contributed by atoms with Gasteiger partial charge < -0.3 is 11.5 Å². The van der Waals surface area contributed by atoms with Crippen molar-refractivity contribution in [3.05, 3.63) is 0 Å². The second-order valence-corrected chi connectivity index (χ2v) is 3.15. The fraction of sp³-hybridized carbons (Fsp3) is 0.875. The molecule has 1 fully saturated rings. The highest BCUT2D eigenvalue weighted by molar-refractivity contribution is 5.53. The molecular weight excluding hydrogens is 138 g/mol. The number of aliphatic imine (C=N–C) groups is 1. The summed E-state index contributed by atoms with van der Waals surface area (Å²) in [5, 5.41) is 0. The molecule has 0 spiro atoms.